The Balaban J connectivity index is 1.73. The van der Waals surface area contributed by atoms with Crippen molar-refractivity contribution < 1.29 is 19.2 Å². The van der Waals surface area contributed by atoms with E-state index in [1.165, 1.54) is 4.90 Å². The molecule has 1 aliphatic carbocycles. The Kier molecular flexibility index (Phi) is 8.06. The highest BCUT2D eigenvalue weighted by Crippen LogP contribution is 2.35. The molecule has 1 aromatic rings. The monoisotopic (exact) mass is 453 g/mol. The van der Waals surface area contributed by atoms with Crippen molar-refractivity contribution in [1.82, 2.24) is 15.1 Å². The third-order valence-corrected chi connectivity index (χ3v) is 6.92. The molecule has 0 radical (unpaired) electrons. The van der Waals surface area contributed by atoms with E-state index >= 15 is 0 Å². The largest absolute Gasteiger partial charge is 0.352 e. The van der Waals surface area contributed by atoms with Crippen LogP contribution in [0.25, 0.3) is 0 Å². The van der Waals surface area contributed by atoms with Gasteiger partial charge in [0.25, 0.3) is 0 Å². The fourth-order valence-corrected chi connectivity index (χ4v) is 4.46. The lowest BCUT2D eigenvalue weighted by atomic mass is 9.85. The third kappa shape index (κ3) is 5.52. The number of rotatable bonds is 9. The minimum atomic E-state index is -0.678. The molecule has 0 unspecified atom stereocenters. The summed E-state index contributed by atoms with van der Waals surface area (Å²) in [5.41, 5.74) is 1.99. The second kappa shape index (κ2) is 10.8. The summed E-state index contributed by atoms with van der Waals surface area (Å²) < 4.78 is 0. The zero-order valence-corrected chi connectivity index (χ0v) is 20.0. The number of carbonyl (C=O) groups is 4. The van der Waals surface area contributed by atoms with Gasteiger partial charge in [0, 0.05) is 25.6 Å². The molecule has 4 atom stereocenters. The van der Waals surface area contributed by atoms with Gasteiger partial charge in [-0.1, -0.05) is 43.3 Å². The van der Waals surface area contributed by atoms with Gasteiger partial charge in [-0.2, -0.15) is 0 Å². The van der Waals surface area contributed by atoms with Crippen molar-refractivity contribution in [3.8, 4) is 0 Å². The van der Waals surface area contributed by atoms with Crippen LogP contribution in [0.4, 0.5) is 0 Å². The predicted octanol–water partition coefficient (Wildman–Crippen LogP) is 2.97. The smallest absolute Gasteiger partial charge is 0.242 e. The molecule has 7 nitrogen and oxygen atoms in total. The predicted molar refractivity (Wildman–Crippen MR) is 126 cm³/mol. The van der Waals surface area contributed by atoms with Crippen LogP contribution in [0.3, 0.4) is 0 Å². The standard InChI is InChI=1S/C26H35N3O4/c1-5-18(3)27-24(31)19(4)29(16-20-11-7-6-10-17(20)2)23(30)14-15-28-25(32)21-12-8-9-13-22(21)26(28)33/h6-11,18-19,21-22H,5,12-16H2,1-4H3,(H,27,31)/t18-,19+,21-,22+/m1/s1. The second-order valence-electron chi connectivity index (χ2n) is 9.18. The molecule has 1 heterocycles. The van der Waals surface area contributed by atoms with Crippen molar-refractivity contribution in [2.75, 3.05) is 6.54 Å². The van der Waals surface area contributed by atoms with Gasteiger partial charge in [0.2, 0.25) is 23.6 Å². The lowest BCUT2D eigenvalue weighted by Crippen LogP contribution is -2.50. The number of hydrogen-bond acceptors (Lipinski definition) is 4. The Morgan fingerprint density at radius 2 is 1.70 bits per heavy atom. The van der Waals surface area contributed by atoms with E-state index < -0.39 is 6.04 Å². The normalized spacial score (nSPS) is 21.5. The number of amides is 4. The zero-order valence-electron chi connectivity index (χ0n) is 20.0. The zero-order chi connectivity index (χ0) is 24.1. The first-order valence-corrected chi connectivity index (χ1v) is 11.9. The van der Waals surface area contributed by atoms with Crippen LogP contribution < -0.4 is 5.32 Å². The Hall–Kier alpha value is -2.96. The number of imide groups is 1. The summed E-state index contributed by atoms with van der Waals surface area (Å²) in [5.74, 6) is -1.44. The summed E-state index contributed by atoms with van der Waals surface area (Å²) >= 11 is 0. The fourth-order valence-electron chi connectivity index (χ4n) is 4.46. The summed E-state index contributed by atoms with van der Waals surface area (Å²) in [5, 5.41) is 2.95. The quantitative estimate of drug-likeness (QED) is 0.460. The lowest BCUT2D eigenvalue weighted by Gasteiger charge is -2.30. The SMILES string of the molecule is CC[C@@H](C)NC(=O)[C@H](C)N(Cc1ccccc1C)C(=O)CCN1C(=O)[C@H]2CC=CC[C@H]2C1=O. The van der Waals surface area contributed by atoms with Gasteiger partial charge in [0.05, 0.1) is 11.8 Å². The highest BCUT2D eigenvalue weighted by molar-refractivity contribution is 6.05. The highest BCUT2D eigenvalue weighted by atomic mass is 16.2. The first kappa shape index (κ1) is 24.7. The maximum Gasteiger partial charge on any atom is 0.242 e. The molecule has 0 saturated carbocycles. The second-order valence-corrected chi connectivity index (χ2v) is 9.18. The first-order chi connectivity index (χ1) is 15.7. The average molecular weight is 454 g/mol. The number of nitrogens with one attached hydrogen (secondary N) is 1. The van der Waals surface area contributed by atoms with Gasteiger partial charge in [0.1, 0.15) is 6.04 Å². The average Bonchev–Trinajstić information content (AvgIpc) is 3.06. The topological polar surface area (TPSA) is 86.8 Å². The molecule has 33 heavy (non-hydrogen) atoms. The molecule has 1 aliphatic heterocycles. The van der Waals surface area contributed by atoms with Crippen LogP contribution in [-0.4, -0.2) is 52.1 Å². The third-order valence-electron chi connectivity index (χ3n) is 6.92. The van der Waals surface area contributed by atoms with Crippen LogP contribution in [-0.2, 0) is 25.7 Å². The highest BCUT2D eigenvalue weighted by Gasteiger charge is 2.47. The minimum Gasteiger partial charge on any atom is -0.352 e. The molecule has 1 N–H and O–H groups in total. The van der Waals surface area contributed by atoms with Gasteiger partial charge >= 0.3 is 0 Å². The van der Waals surface area contributed by atoms with Crippen molar-refractivity contribution in [2.45, 2.75) is 72.0 Å². The molecular weight excluding hydrogens is 418 g/mol. The van der Waals surface area contributed by atoms with E-state index in [0.29, 0.717) is 12.8 Å². The van der Waals surface area contributed by atoms with Crippen LogP contribution in [0, 0.1) is 18.8 Å². The number of hydrogen-bond donors (Lipinski definition) is 1. The van der Waals surface area contributed by atoms with Gasteiger partial charge in [-0.25, -0.2) is 0 Å². The Labute approximate surface area is 196 Å². The molecule has 0 aromatic heterocycles. The van der Waals surface area contributed by atoms with E-state index in [4.69, 9.17) is 0 Å². The number of aryl methyl sites for hydroxylation is 1. The maximum atomic E-state index is 13.3. The summed E-state index contributed by atoms with van der Waals surface area (Å²) in [6, 6.07) is 7.09. The number of fused-ring (bicyclic) bond motifs is 1. The van der Waals surface area contributed by atoms with Crippen molar-refractivity contribution >= 4 is 23.6 Å². The van der Waals surface area contributed by atoms with E-state index in [2.05, 4.69) is 5.32 Å². The van der Waals surface area contributed by atoms with Crippen LogP contribution in [0.1, 0.15) is 57.6 Å². The van der Waals surface area contributed by atoms with E-state index in [9.17, 15) is 19.2 Å². The van der Waals surface area contributed by atoms with Crippen molar-refractivity contribution in [1.29, 1.82) is 0 Å². The molecule has 1 fully saturated rings. The van der Waals surface area contributed by atoms with Crippen molar-refractivity contribution in [3.63, 3.8) is 0 Å². The van der Waals surface area contributed by atoms with Gasteiger partial charge in [-0.3, -0.25) is 24.1 Å². The molecule has 1 saturated heterocycles. The number of nitrogens with zero attached hydrogens (tertiary/aromatic N) is 2. The van der Waals surface area contributed by atoms with E-state index in [1.54, 1.807) is 11.8 Å². The van der Waals surface area contributed by atoms with Gasteiger partial charge in [0.15, 0.2) is 0 Å². The summed E-state index contributed by atoms with van der Waals surface area (Å²) in [4.78, 5) is 54.5. The molecule has 178 valence electrons. The van der Waals surface area contributed by atoms with E-state index in [0.717, 1.165) is 17.5 Å². The molecule has 0 bridgehead atoms. The molecule has 3 rings (SSSR count). The van der Waals surface area contributed by atoms with Crippen LogP contribution in [0.2, 0.25) is 0 Å². The van der Waals surface area contributed by atoms with Crippen LogP contribution >= 0.6 is 0 Å². The Bertz CT molecular complexity index is 915. The van der Waals surface area contributed by atoms with Crippen molar-refractivity contribution in [3.05, 3.63) is 47.5 Å². The summed E-state index contributed by atoms with van der Waals surface area (Å²) in [6.45, 7) is 7.95. The van der Waals surface area contributed by atoms with Crippen LogP contribution in [0.15, 0.2) is 36.4 Å². The Morgan fingerprint density at radius 3 is 2.27 bits per heavy atom. The van der Waals surface area contributed by atoms with Crippen LogP contribution in [0.5, 0.6) is 0 Å². The molecule has 7 heteroatoms. The molecule has 0 spiro atoms. The lowest BCUT2D eigenvalue weighted by molar-refractivity contribution is -0.143. The minimum absolute atomic E-state index is 0.00280. The summed E-state index contributed by atoms with van der Waals surface area (Å²) in [6.07, 6.45) is 5.83. The maximum absolute atomic E-state index is 13.3. The molecule has 2 aliphatic rings. The van der Waals surface area contributed by atoms with Crippen molar-refractivity contribution in [2.24, 2.45) is 11.8 Å². The first-order valence-electron chi connectivity index (χ1n) is 11.9. The summed E-state index contributed by atoms with van der Waals surface area (Å²) in [7, 11) is 0. The van der Waals surface area contributed by atoms with E-state index in [1.807, 2.05) is 57.2 Å². The fraction of sp³-hybridized carbons (Fsp3) is 0.538. The van der Waals surface area contributed by atoms with Gasteiger partial charge in [-0.05, 0) is 51.2 Å². The number of likely N-dealkylation sites (tertiary alicyclic amines) is 1. The molecule has 4 amide bonds. The molecule has 1 aromatic carbocycles. The number of benzene rings is 1. The van der Waals surface area contributed by atoms with Gasteiger partial charge in [-0.15, -0.1) is 0 Å². The van der Waals surface area contributed by atoms with Gasteiger partial charge < -0.3 is 10.2 Å². The Morgan fingerprint density at radius 1 is 1.09 bits per heavy atom. The number of allylic oxidation sites excluding steroid dienone is 2. The number of carbonyl (C=O) groups excluding carboxylic acids is 4. The molecular formula is C26H35N3O4. The van der Waals surface area contributed by atoms with E-state index in [-0.39, 0.29) is 61.0 Å².